The number of nitrogens with two attached hydrogens (primary N) is 1. The zero-order chi connectivity index (χ0) is 14.7. The number of ether oxygens (including phenoxy) is 1. The van der Waals surface area contributed by atoms with Crippen LogP contribution in [0.4, 0.5) is 11.4 Å². The Morgan fingerprint density at radius 2 is 2.05 bits per heavy atom. The predicted octanol–water partition coefficient (Wildman–Crippen LogP) is 2.26. The fourth-order valence-electron chi connectivity index (χ4n) is 2.22. The topological polar surface area (TPSA) is 63.7 Å². The zero-order valence-electron chi connectivity index (χ0n) is 12.0. The lowest BCUT2D eigenvalue weighted by Gasteiger charge is -2.25. The van der Waals surface area contributed by atoms with Crippen molar-refractivity contribution in [2.75, 3.05) is 25.9 Å². The van der Waals surface area contributed by atoms with E-state index >= 15 is 0 Å². The normalized spacial score (nSPS) is 13.1. The highest BCUT2D eigenvalue weighted by Crippen LogP contribution is 2.32. The summed E-state index contributed by atoms with van der Waals surface area (Å²) in [7, 11) is 2.03. The number of amidine groups is 1. The summed E-state index contributed by atoms with van der Waals surface area (Å²) in [5.74, 6) is 1.68. The van der Waals surface area contributed by atoms with Crippen LogP contribution in [0.1, 0.15) is 5.56 Å². The van der Waals surface area contributed by atoms with Gasteiger partial charge in [0.1, 0.15) is 23.9 Å². The van der Waals surface area contributed by atoms with Gasteiger partial charge in [-0.15, -0.1) is 0 Å². The van der Waals surface area contributed by atoms with E-state index in [1.54, 1.807) is 0 Å². The van der Waals surface area contributed by atoms with Crippen LogP contribution in [0.2, 0.25) is 0 Å². The van der Waals surface area contributed by atoms with Crippen LogP contribution >= 0.6 is 0 Å². The molecule has 0 fully saturated rings. The first-order valence-corrected chi connectivity index (χ1v) is 6.92. The number of likely N-dealkylation sites (N-methyl/N-ethyl adjacent to an activating group) is 1. The molecule has 0 spiro atoms. The Balaban J connectivity index is 1.68. The predicted molar refractivity (Wildman–Crippen MR) is 84.0 cm³/mol. The van der Waals surface area contributed by atoms with E-state index in [4.69, 9.17) is 10.5 Å². The third-order valence-corrected chi connectivity index (χ3v) is 3.52. The second-order valence-electron chi connectivity index (χ2n) is 5.07. The molecule has 0 amide bonds. The van der Waals surface area contributed by atoms with Crippen LogP contribution < -0.4 is 10.5 Å². The number of benzene rings is 1. The Kier molecular flexibility index (Phi) is 3.73. The van der Waals surface area contributed by atoms with E-state index in [0.29, 0.717) is 12.3 Å². The fourth-order valence-corrected chi connectivity index (χ4v) is 2.22. The smallest absolute Gasteiger partial charge is 0.147 e. The van der Waals surface area contributed by atoms with Crippen molar-refractivity contribution in [1.82, 2.24) is 9.88 Å². The minimum absolute atomic E-state index is 0.475. The molecule has 21 heavy (non-hydrogen) atoms. The molecule has 1 aliphatic heterocycles. The lowest BCUT2D eigenvalue weighted by Crippen LogP contribution is -2.34. The maximum atomic E-state index is 5.74. The van der Waals surface area contributed by atoms with Crippen molar-refractivity contribution in [3.8, 4) is 5.75 Å². The van der Waals surface area contributed by atoms with Crippen LogP contribution in [-0.2, 0) is 6.42 Å². The summed E-state index contributed by atoms with van der Waals surface area (Å²) in [5, 5.41) is 0. The number of anilines is 1. The molecule has 1 aromatic carbocycles. The van der Waals surface area contributed by atoms with E-state index in [1.807, 2.05) is 49.8 Å². The Labute approximate surface area is 124 Å². The number of aromatic nitrogens is 1. The van der Waals surface area contributed by atoms with Gasteiger partial charge >= 0.3 is 0 Å². The van der Waals surface area contributed by atoms with Gasteiger partial charge in [0.2, 0.25) is 0 Å². The van der Waals surface area contributed by atoms with Crippen LogP contribution in [-0.4, -0.2) is 35.9 Å². The van der Waals surface area contributed by atoms with Crippen molar-refractivity contribution in [3.05, 3.63) is 48.3 Å². The summed E-state index contributed by atoms with van der Waals surface area (Å²) in [6, 6.07) is 9.61. The van der Waals surface area contributed by atoms with Crippen LogP contribution in [0, 0.1) is 0 Å². The molecule has 5 nitrogen and oxygen atoms in total. The average molecular weight is 282 g/mol. The third kappa shape index (κ3) is 3.13. The van der Waals surface area contributed by atoms with Gasteiger partial charge in [0.25, 0.3) is 0 Å². The minimum atomic E-state index is 0.475. The molecule has 3 rings (SSSR count). The molecule has 0 aliphatic carbocycles. The summed E-state index contributed by atoms with van der Waals surface area (Å²) in [6.07, 6.45) is 4.58. The first kappa shape index (κ1) is 13.4. The number of hydrogen-bond acceptors (Lipinski definition) is 5. The van der Waals surface area contributed by atoms with Gasteiger partial charge in [-0.25, -0.2) is 4.99 Å². The number of nitrogen functional groups attached to an aromatic ring is 1. The number of pyridine rings is 1. The van der Waals surface area contributed by atoms with Crippen LogP contribution in [0.15, 0.2) is 47.7 Å². The number of aliphatic imine (C=N–C) groups is 1. The van der Waals surface area contributed by atoms with E-state index in [9.17, 15) is 0 Å². The van der Waals surface area contributed by atoms with Gasteiger partial charge in [0.05, 0.1) is 0 Å². The molecule has 2 heterocycles. The molecule has 1 aliphatic rings. The molecule has 0 atom stereocenters. The van der Waals surface area contributed by atoms with Crippen molar-refractivity contribution in [2.24, 2.45) is 4.99 Å². The monoisotopic (exact) mass is 282 g/mol. The van der Waals surface area contributed by atoms with E-state index in [0.717, 1.165) is 30.2 Å². The van der Waals surface area contributed by atoms with Crippen LogP contribution in [0.3, 0.4) is 0 Å². The molecule has 2 N–H and O–H groups in total. The summed E-state index contributed by atoms with van der Waals surface area (Å²) in [6.45, 7) is 1.36. The van der Waals surface area contributed by atoms with Crippen molar-refractivity contribution >= 4 is 17.2 Å². The van der Waals surface area contributed by atoms with Gasteiger partial charge in [0, 0.05) is 37.7 Å². The number of rotatable bonds is 3. The van der Waals surface area contributed by atoms with Gasteiger partial charge in [-0.3, -0.25) is 4.98 Å². The summed E-state index contributed by atoms with van der Waals surface area (Å²) in [5.41, 5.74) is 8.54. The molecular weight excluding hydrogens is 264 g/mol. The van der Waals surface area contributed by atoms with Crippen molar-refractivity contribution < 1.29 is 4.74 Å². The Morgan fingerprint density at radius 3 is 2.86 bits per heavy atom. The Bertz CT molecular complexity index is 655. The second-order valence-corrected chi connectivity index (χ2v) is 5.07. The largest absolute Gasteiger partial charge is 0.483 e. The molecule has 0 bridgehead atoms. The van der Waals surface area contributed by atoms with Gasteiger partial charge in [0.15, 0.2) is 0 Å². The summed E-state index contributed by atoms with van der Waals surface area (Å²) in [4.78, 5) is 10.8. The van der Waals surface area contributed by atoms with Crippen LogP contribution in [0.5, 0.6) is 5.75 Å². The molecule has 0 saturated heterocycles. The van der Waals surface area contributed by atoms with Gasteiger partial charge in [-0.2, -0.15) is 0 Å². The van der Waals surface area contributed by atoms with Crippen LogP contribution in [0.25, 0.3) is 0 Å². The third-order valence-electron chi connectivity index (χ3n) is 3.52. The first-order chi connectivity index (χ1) is 10.2. The van der Waals surface area contributed by atoms with Crippen molar-refractivity contribution in [3.63, 3.8) is 0 Å². The van der Waals surface area contributed by atoms with E-state index < -0.39 is 0 Å². The van der Waals surface area contributed by atoms with Crippen molar-refractivity contribution in [1.29, 1.82) is 0 Å². The standard InChI is InChI=1S/C16H18N4O/c1-20(9-6-12-4-7-18-8-5-12)16-11-21-15-10-13(17)2-3-14(15)19-16/h2-5,7-8,10H,6,9,11,17H2,1H3. The number of hydrogen-bond donors (Lipinski definition) is 1. The summed E-state index contributed by atoms with van der Waals surface area (Å²) < 4.78 is 5.73. The zero-order valence-corrected chi connectivity index (χ0v) is 12.0. The molecule has 0 saturated carbocycles. The molecule has 1 aromatic heterocycles. The highest BCUT2D eigenvalue weighted by molar-refractivity contribution is 5.88. The lowest BCUT2D eigenvalue weighted by atomic mass is 10.2. The Hall–Kier alpha value is -2.56. The molecular formula is C16H18N4O. The van der Waals surface area contributed by atoms with E-state index in [2.05, 4.69) is 14.9 Å². The first-order valence-electron chi connectivity index (χ1n) is 6.92. The number of nitrogens with zero attached hydrogens (tertiary/aromatic N) is 3. The number of fused-ring (bicyclic) bond motifs is 1. The van der Waals surface area contributed by atoms with Crippen molar-refractivity contribution in [2.45, 2.75) is 6.42 Å². The maximum Gasteiger partial charge on any atom is 0.147 e. The van der Waals surface area contributed by atoms with Gasteiger partial charge in [-0.1, -0.05) is 0 Å². The van der Waals surface area contributed by atoms with E-state index in [1.165, 1.54) is 5.56 Å². The molecule has 0 radical (unpaired) electrons. The quantitative estimate of drug-likeness (QED) is 0.877. The summed E-state index contributed by atoms with van der Waals surface area (Å²) >= 11 is 0. The maximum absolute atomic E-state index is 5.74. The Morgan fingerprint density at radius 1 is 1.24 bits per heavy atom. The minimum Gasteiger partial charge on any atom is -0.483 e. The fraction of sp³-hybridized carbons (Fsp3) is 0.250. The molecule has 2 aromatic rings. The molecule has 5 heteroatoms. The lowest BCUT2D eigenvalue weighted by molar-refractivity contribution is 0.345. The molecule has 108 valence electrons. The second kappa shape index (κ2) is 5.83. The average Bonchev–Trinajstić information content (AvgIpc) is 2.53. The van der Waals surface area contributed by atoms with Gasteiger partial charge in [-0.05, 0) is 36.2 Å². The SMILES string of the molecule is CN(CCc1ccncc1)C1=Nc2ccc(N)cc2OC1. The highest BCUT2D eigenvalue weighted by atomic mass is 16.5. The highest BCUT2D eigenvalue weighted by Gasteiger charge is 2.16. The molecule has 0 unspecified atom stereocenters. The van der Waals surface area contributed by atoms with Gasteiger partial charge < -0.3 is 15.4 Å². The van der Waals surface area contributed by atoms with E-state index in [-0.39, 0.29) is 0 Å².